The summed E-state index contributed by atoms with van der Waals surface area (Å²) in [5.74, 6) is -0.201. The van der Waals surface area contributed by atoms with Gasteiger partial charge in [-0.25, -0.2) is 4.79 Å². The van der Waals surface area contributed by atoms with Crippen LogP contribution in [0, 0.1) is 10.5 Å². The zero-order valence-electron chi connectivity index (χ0n) is 11.7. The molecule has 3 rings (SSSR count). The van der Waals surface area contributed by atoms with Crippen LogP contribution in [-0.2, 0) is 0 Å². The van der Waals surface area contributed by atoms with Crippen molar-refractivity contribution in [3.8, 4) is 0 Å². The Bertz CT molecular complexity index is 931. The van der Waals surface area contributed by atoms with Gasteiger partial charge in [0.2, 0.25) is 0 Å². The fraction of sp³-hybridized carbons (Fsp3) is 0.0588. The minimum Gasteiger partial charge on any atom is -0.423 e. The highest BCUT2D eigenvalue weighted by Gasteiger charge is 2.08. The first kappa shape index (κ1) is 14.8. The summed E-state index contributed by atoms with van der Waals surface area (Å²) in [6, 6.07) is 14.1. The SMILES string of the molecule is Cc1cc(=O)oc2cc(NC(=O)c3cccc(I)c3)ccc12. The van der Waals surface area contributed by atoms with Gasteiger partial charge in [-0.05, 0) is 65.4 Å². The lowest BCUT2D eigenvalue weighted by Crippen LogP contribution is -2.12. The van der Waals surface area contributed by atoms with Gasteiger partial charge in [0.15, 0.2) is 0 Å². The molecule has 0 fully saturated rings. The summed E-state index contributed by atoms with van der Waals surface area (Å²) < 4.78 is 6.17. The van der Waals surface area contributed by atoms with E-state index in [9.17, 15) is 9.59 Å². The average molecular weight is 405 g/mol. The molecule has 1 N–H and O–H groups in total. The van der Waals surface area contributed by atoms with Crippen molar-refractivity contribution in [1.82, 2.24) is 0 Å². The van der Waals surface area contributed by atoms with Crippen LogP contribution in [0.4, 0.5) is 5.69 Å². The average Bonchev–Trinajstić information content (AvgIpc) is 2.46. The van der Waals surface area contributed by atoms with Crippen LogP contribution in [0.25, 0.3) is 11.0 Å². The molecular weight excluding hydrogens is 393 g/mol. The number of fused-ring (bicyclic) bond motifs is 1. The van der Waals surface area contributed by atoms with Crippen LogP contribution in [0.15, 0.2) is 57.7 Å². The molecule has 0 spiro atoms. The highest BCUT2D eigenvalue weighted by molar-refractivity contribution is 14.1. The number of hydrogen-bond acceptors (Lipinski definition) is 3. The third-order valence-electron chi connectivity index (χ3n) is 3.30. The van der Waals surface area contributed by atoms with Crippen molar-refractivity contribution in [2.24, 2.45) is 0 Å². The van der Waals surface area contributed by atoms with Gasteiger partial charge < -0.3 is 9.73 Å². The summed E-state index contributed by atoms with van der Waals surface area (Å²) in [7, 11) is 0. The van der Waals surface area contributed by atoms with Gasteiger partial charge in [0.1, 0.15) is 5.58 Å². The van der Waals surface area contributed by atoms with Gasteiger partial charge >= 0.3 is 5.63 Å². The molecule has 2 aromatic carbocycles. The highest BCUT2D eigenvalue weighted by Crippen LogP contribution is 2.21. The molecule has 5 heteroatoms. The van der Waals surface area contributed by atoms with Gasteiger partial charge in [0, 0.05) is 32.3 Å². The molecule has 0 bridgehead atoms. The Kier molecular flexibility index (Phi) is 3.98. The molecule has 0 atom stereocenters. The van der Waals surface area contributed by atoms with E-state index in [2.05, 4.69) is 27.9 Å². The van der Waals surface area contributed by atoms with Crippen molar-refractivity contribution in [3.05, 3.63) is 73.6 Å². The number of rotatable bonds is 2. The molecule has 0 saturated heterocycles. The van der Waals surface area contributed by atoms with Crippen LogP contribution in [0.2, 0.25) is 0 Å². The standard InChI is InChI=1S/C17H12INO3/c1-10-7-16(20)22-15-9-13(5-6-14(10)15)19-17(21)11-3-2-4-12(18)8-11/h2-9H,1H3,(H,19,21). The van der Waals surface area contributed by atoms with Crippen molar-refractivity contribution in [2.75, 3.05) is 5.32 Å². The molecule has 22 heavy (non-hydrogen) atoms. The van der Waals surface area contributed by atoms with Crippen molar-refractivity contribution in [3.63, 3.8) is 0 Å². The van der Waals surface area contributed by atoms with E-state index in [-0.39, 0.29) is 5.91 Å². The highest BCUT2D eigenvalue weighted by atomic mass is 127. The fourth-order valence-corrected chi connectivity index (χ4v) is 2.78. The van der Waals surface area contributed by atoms with Gasteiger partial charge in [0.05, 0.1) is 0 Å². The summed E-state index contributed by atoms with van der Waals surface area (Å²) in [5, 5.41) is 3.67. The molecular formula is C17H12INO3. The third-order valence-corrected chi connectivity index (χ3v) is 3.97. The van der Waals surface area contributed by atoms with E-state index >= 15 is 0 Å². The van der Waals surface area contributed by atoms with Crippen LogP contribution >= 0.6 is 22.6 Å². The molecule has 1 amide bonds. The first-order chi connectivity index (χ1) is 10.5. The Morgan fingerprint density at radius 2 is 1.95 bits per heavy atom. The summed E-state index contributed by atoms with van der Waals surface area (Å²) in [5.41, 5.74) is 2.08. The van der Waals surface area contributed by atoms with E-state index in [1.807, 2.05) is 25.1 Å². The van der Waals surface area contributed by atoms with Crippen LogP contribution in [0.1, 0.15) is 15.9 Å². The Balaban J connectivity index is 1.94. The number of carbonyl (C=O) groups excluding carboxylic acids is 1. The second-order valence-electron chi connectivity index (χ2n) is 4.92. The predicted molar refractivity (Wildman–Crippen MR) is 94.3 cm³/mol. The predicted octanol–water partition coefficient (Wildman–Crippen LogP) is 3.96. The summed E-state index contributed by atoms with van der Waals surface area (Å²) >= 11 is 2.16. The first-order valence-corrected chi connectivity index (χ1v) is 7.72. The van der Waals surface area contributed by atoms with Crippen molar-refractivity contribution < 1.29 is 9.21 Å². The minimum absolute atomic E-state index is 0.201. The van der Waals surface area contributed by atoms with Crippen LogP contribution in [-0.4, -0.2) is 5.91 Å². The van der Waals surface area contributed by atoms with Crippen LogP contribution in [0.3, 0.4) is 0 Å². The molecule has 0 aliphatic rings. The van der Waals surface area contributed by atoms with Crippen molar-refractivity contribution >= 4 is 45.2 Å². The molecule has 0 unspecified atom stereocenters. The molecule has 1 aromatic heterocycles. The maximum absolute atomic E-state index is 12.2. The van der Waals surface area contributed by atoms with Gasteiger partial charge in [-0.15, -0.1) is 0 Å². The summed E-state index contributed by atoms with van der Waals surface area (Å²) in [6.45, 7) is 1.85. The number of benzene rings is 2. The molecule has 4 nitrogen and oxygen atoms in total. The van der Waals surface area contributed by atoms with Gasteiger partial charge in [-0.1, -0.05) is 6.07 Å². The molecule has 110 valence electrons. The summed E-state index contributed by atoms with van der Waals surface area (Å²) in [6.07, 6.45) is 0. The Morgan fingerprint density at radius 1 is 1.14 bits per heavy atom. The fourth-order valence-electron chi connectivity index (χ4n) is 2.24. The molecule has 0 saturated carbocycles. The zero-order valence-corrected chi connectivity index (χ0v) is 13.9. The quantitative estimate of drug-likeness (QED) is 0.519. The van der Waals surface area contributed by atoms with Crippen LogP contribution in [0.5, 0.6) is 0 Å². The Labute approximate surface area is 140 Å². The Hall–Kier alpha value is -2.15. The maximum atomic E-state index is 12.2. The second kappa shape index (κ2) is 5.92. The molecule has 0 aliphatic heterocycles. The largest absolute Gasteiger partial charge is 0.423 e. The minimum atomic E-state index is -0.397. The maximum Gasteiger partial charge on any atom is 0.336 e. The number of carbonyl (C=O) groups is 1. The van der Waals surface area contributed by atoms with Crippen LogP contribution < -0.4 is 10.9 Å². The summed E-state index contributed by atoms with van der Waals surface area (Å²) in [4.78, 5) is 23.7. The third kappa shape index (κ3) is 3.04. The smallest absolute Gasteiger partial charge is 0.336 e. The first-order valence-electron chi connectivity index (χ1n) is 6.64. The van der Waals surface area contributed by atoms with E-state index < -0.39 is 5.63 Å². The number of nitrogens with one attached hydrogen (secondary N) is 1. The number of halogens is 1. The van der Waals surface area contributed by atoms with E-state index in [1.54, 1.807) is 24.3 Å². The van der Waals surface area contributed by atoms with E-state index in [0.717, 1.165) is 14.5 Å². The van der Waals surface area contributed by atoms with Gasteiger partial charge in [-0.3, -0.25) is 4.79 Å². The molecule has 0 aliphatic carbocycles. The zero-order chi connectivity index (χ0) is 15.7. The topological polar surface area (TPSA) is 59.3 Å². The molecule has 3 aromatic rings. The number of amides is 1. The van der Waals surface area contributed by atoms with Crippen molar-refractivity contribution in [2.45, 2.75) is 6.92 Å². The van der Waals surface area contributed by atoms with Crippen molar-refractivity contribution in [1.29, 1.82) is 0 Å². The molecule has 1 heterocycles. The van der Waals surface area contributed by atoms with Gasteiger partial charge in [-0.2, -0.15) is 0 Å². The van der Waals surface area contributed by atoms with E-state index in [4.69, 9.17) is 4.42 Å². The lowest BCUT2D eigenvalue weighted by atomic mass is 10.1. The number of aryl methyl sites for hydroxylation is 1. The van der Waals surface area contributed by atoms with Gasteiger partial charge in [0.25, 0.3) is 5.91 Å². The monoisotopic (exact) mass is 405 g/mol. The Morgan fingerprint density at radius 3 is 2.73 bits per heavy atom. The second-order valence-corrected chi connectivity index (χ2v) is 6.17. The number of hydrogen-bond donors (Lipinski definition) is 1. The lowest BCUT2D eigenvalue weighted by molar-refractivity contribution is 0.102. The lowest BCUT2D eigenvalue weighted by Gasteiger charge is -2.07. The number of anilines is 1. The van der Waals surface area contributed by atoms with E-state index in [0.29, 0.717) is 16.8 Å². The van der Waals surface area contributed by atoms with E-state index in [1.165, 1.54) is 6.07 Å². The molecule has 0 radical (unpaired) electrons. The normalized spacial score (nSPS) is 10.6.